The molecule has 0 fully saturated rings. The number of aliphatic hydroxyl groups excluding tert-OH is 1. The second-order valence-corrected chi connectivity index (χ2v) is 32.0. The van der Waals surface area contributed by atoms with E-state index >= 15 is 0 Å². The van der Waals surface area contributed by atoms with Gasteiger partial charge in [0.25, 0.3) is 0 Å². The Morgan fingerprint density at radius 3 is 0.717 bits per heavy atom. The molecule has 19 heteroatoms. The van der Waals surface area contributed by atoms with Gasteiger partial charge in [0, 0.05) is 25.7 Å². The van der Waals surface area contributed by atoms with Gasteiger partial charge in [-0.05, 0) is 31.6 Å². The molecule has 0 aromatic heterocycles. The normalized spacial score (nSPS) is 14.1. The number of phosphoric ester groups is 2. The molecule has 6 atom stereocenters. The first-order valence-corrected chi connectivity index (χ1v) is 44.7. The number of carbonyl (C=O) groups is 4. The summed E-state index contributed by atoms with van der Waals surface area (Å²) in [6, 6.07) is 0. The SMILES string of the molecule is CCCCCCCCCCCCCCCCCCCCCC(=O)OC[C@H](COP(=O)(O)OC[C@@H](O)COP(=O)(O)OC[C@@H](COC(=O)CCCCCCCCCCC)OC(=O)CCCCCCCCCCC)OC(=O)CCCCCCCCCCCCCCCCCCCCC(C)CC. The third kappa shape index (κ3) is 72.8. The van der Waals surface area contributed by atoms with Crippen LogP contribution in [0.25, 0.3) is 0 Å². The Morgan fingerprint density at radius 2 is 0.485 bits per heavy atom. The summed E-state index contributed by atoms with van der Waals surface area (Å²) >= 11 is 0. The molecule has 0 radical (unpaired) electrons. The van der Waals surface area contributed by atoms with E-state index < -0.39 is 97.5 Å². The van der Waals surface area contributed by atoms with Crippen molar-refractivity contribution in [3.8, 4) is 0 Å². The summed E-state index contributed by atoms with van der Waals surface area (Å²) in [5, 5.41) is 10.6. The Hall–Kier alpha value is -1.94. The van der Waals surface area contributed by atoms with Crippen LogP contribution in [0.5, 0.6) is 0 Å². The Bertz CT molecular complexity index is 1890. The minimum absolute atomic E-state index is 0.106. The molecule has 0 aromatic carbocycles. The molecule has 17 nitrogen and oxygen atoms in total. The zero-order chi connectivity index (χ0) is 72.7. The molecule has 588 valence electrons. The maximum atomic E-state index is 13.1. The summed E-state index contributed by atoms with van der Waals surface area (Å²) in [4.78, 5) is 72.8. The highest BCUT2D eigenvalue weighted by atomic mass is 31.2. The predicted molar refractivity (Wildman–Crippen MR) is 405 cm³/mol. The molecule has 0 bridgehead atoms. The van der Waals surface area contributed by atoms with Crippen molar-refractivity contribution in [1.82, 2.24) is 0 Å². The molecule has 0 saturated carbocycles. The van der Waals surface area contributed by atoms with Gasteiger partial charge in [-0.1, -0.05) is 375 Å². The standard InChI is InChI=1S/C80H156O17P2/c1-6-10-13-16-19-22-23-24-25-26-27-31-34-37-40-45-49-54-59-64-78(83)91-70-76(97-80(85)66-61-56-51-46-41-38-35-32-29-28-30-33-36-39-44-47-52-57-62-73(5)9-4)72-95-99(88,89)93-68-74(81)67-92-98(86,87)94-71-75(96-79(84)65-60-55-50-43-21-18-15-12-8-3)69-90-77(82)63-58-53-48-42-20-17-14-11-7-2/h73-76,81H,6-72H2,1-5H3,(H,86,87)(H,88,89)/t73?,74-,75+,76+/m0/s1. The maximum Gasteiger partial charge on any atom is 0.472 e. The maximum absolute atomic E-state index is 13.1. The van der Waals surface area contributed by atoms with Crippen LogP contribution < -0.4 is 0 Å². The second-order valence-electron chi connectivity index (χ2n) is 29.1. The van der Waals surface area contributed by atoms with Crippen LogP contribution in [0.2, 0.25) is 0 Å². The molecular formula is C80H156O17P2. The highest BCUT2D eigenvalue weighted by Crippen LogP contribution is 2.45. The Labute approximate surface area is 607 Å². The lowest BCUT2D eigenvalue weighted by Gasteiger charge is -2.21. The molecular weight excluding hydrogens is 1290 g/mol. The predicted octanol–water partition coefficient (Wildman–Crippen LogP) is 24.0. The third-order valence-corrected chi connectivity index (χ3v) is 21.0. The van der Waals surface area contributed by atoms with Gasteiger partial charge >= 0.3 is 39.5 Å². The Kier molecular flexibility index (Phi) is 71.6. The fourth-order valence-electron chi connectivity index (χ4n) is 12.4. The average Bonchev–Trinajstić information content (AvgIpc) is 1.19. The van der Waals surface area contributed by atoms with Crippen LogP contribution in [0.1, 0.15) is 426 Å². The Morgan fingerprint density at radius 1 is 0.283 bits per heavy atom. The van der Waals surface area contributed by atoms with E-state index in [4.69, 9.17) is 37.0 Å². The molecule has 0 saturated heterocycles. The van der Waals surface area contributed by atoms with Crippen LogP contribution in [0, 0.1) is 5.92 Å². The largest absolute Gasteiger partial charge is 0.472 e. The third-order valence-electron chi connectivity index (χ3n) is 19.1. The fraction of sp³-hybridized carbons (Fsp3) is 0.950. The van der Waals surface area contributed by atoms with Crippen LogP contribution >= 0.6 is 15.6 Å². The zero-order valence-electron chi connectivity index (χ0n) is 64.6. The van der Waals surface area contributed by atoms with Crippen molar-refractivity contribution in [1.29, 1.82) is 0 Å². The van der Waals surface area contributed by atoms with E-state index in [1.165, 1.54) is 250 Å². The average molecular weight is 1450 g/mol. The minimum Gasteiger partial charge on any atom is -0.462 e. The van der Waals surface area contributed by atoms with Gasteiger partial charge in [-0.25, -0.2) is 9.13 Å². The number of hydrogen-bond donors (Lipinski definition) is 3. The van der Waals surface area contributed by atoms with Crippen molar-refractivity contribution < 1.29 is 80.2 Å². The fourth-order valence-corrected chi connectivity index (χ4v) is 14.0. The Balaban J connectivity index is 5.15. The van der Waals surface area contributed by atoms with Crippen LogP contribution in [0.4, 0.5) is 0 Å². The summed E-state index contributed by atoms with van der Waals surface area (Å²) in [5.74, 6) is -1.24. The first-order valence-electron chi connectivity index (χ1n) is 41.7. The minimum atomic E-state index is -4.96. The van der Waals surface area contributed by atoms with Gasteiger partial charge in [0.05, 0.1) is 26.4 Å². The lowest BCUT2D eigenvalue weighted by molar-refractivity contribution is -0.161. The number of unbranched alkanes of at least 4 members (excludes halogenated alkanes) is 51. The van der Waals surface area contributed by atoms with Gasteiger partial charge < -0.3 is 33.8 Å². The summed E-state index contributed by atoms with van der Waals surface area (Å²) < 4.78 is 68.5. The molecule has 0 aliphatic carbocycles. The number of rotatable bonds is 80. The summed E-state index contributed by atoms with van der Waals surface area (Å²) in [7, 11) is -9.91. The molecule has 0 amide bonds. The molecule has 3 unspecified atom stereocenters. The lowest BCUT2D eigenvalue weighted by atomic mass is 9.99. The number of aliphatic hydroxyl groups is 1. The molecule has 0 spiro atoms. The topological polar surface area (TPSA) is 237 Å². The number of hydrogen-bond acceptors (Lipinski definition) is 15. The van der Waals surface area contributed by atoms with Crippen molar-refractivity contribution in [3.63, 3.8) is 0 Å². The van der Waals surface area contributed by atoms with Crippen molar-refractivity contribution >= 4 is 39.5 Å². The van der Waals surface area contributed by atoms with Gasteiger partial charge in [0.2, 0.25) is 0 Å². The van der Waals surface area contributed by atoms with E-state index in [2.05, 4.69) is 34.6 Å². The van der Waals surface area contributed by atoms with Crippen molar-refractivity contribution in [2.45, 2.75) is 445 Å². The van der Waals surface area contributed by atoms with Crippen LogP contribution in [-0.4, -0.2) is 96.7 Å². The van der Waals surface area contributed by atoms with Crippen LogP contribution in [-0.2, 0) is 65.4 Å². The van der Waals surface area contributed by atoms with Gasteiger partial charge in [0.15, 0.2) is 12.2 Å². The van der Waals surface area contributed by atoms with Crippen LogP contribution in [0.3, 0.4) is 0 Å². The summed E-state index contributed by atoms with van der Waals surface area (Å²) in [6.45, 7) is 7.35. The quantitative estimate of drug-likeness (QED) is 0.0222. The zero-order valence-corrected chi connectivity index (χ0v) is 66.4. The van der Waals surface area contributed by atoms with Crippen molar-refractivity contribution in [2.75, 3.05) is 39.6 Å². The van der Waals surface area contributed by atoms with Gasteiger partial charge in [0.1, 0.15) is 19.3 Å². The molecule has 0 heterocycles. The molecule has 0 aromatic rings. The molecule has 0 aliphatic rings. The van der Waals surface area contributed by atoms with E-state index in [0.717, 1.165) is 95.8 Å². The number of esters is 4. The highest BCUT2D eigenvalue weighted by molar-refractivity contribution is 7.47. The van der Waals surface area contributed by atoms with E-state index in [-0.39, 0.29) is 25.7 Å². The highest BCUT2D eigenvalue weighted by Gasteiger charge is 2.30. The first kappa shape index (κ1) is 97.1. The van der Waals surface area contributed by atoms with Crippen molar-refractivity contribution in [3.05, 3.63) is 0 Å². The monoisotopic (exact) mass is 1450 g/mol. The summed E-state index contributed by atoms with van der Waals surface area (Å²) in [5.41, 5.74) is 0. The van der Waals surface area contributed by atoms with Gasteiger partial charge in [-0.3, -0.25) is 37.3 Å². The number of carbonyl (C=O) groups excluding carboxylic acids is 4. The molecule has 0 aliphatic heterocycles. The van der Waals surface area contributed by atoms with E-state index in [0.29, 0.717) is 25.7 Å². The van der Waals surface area contributed by atoms with Gasteiger partial charge in [-0.15, -0.1) is 0 Å². The smallest absolute Gasteiger partial charge is 0.462 e. The van der Waals surface area contributed by atoms with Crippen molar-refractivity contribution in [2.24, 2.45) is 5.92 Å². The second kappa shape index (κ2) is 73.0. The van der Waals surface area contributed by atoms with Gasteiger partial charge in [-0.2, -0.15) is 0 Å². The van der Waals surface area contributed by atoms with E-state index in [1.54, 1.807) is 0 Å². The number of phosphoric acid groups is 2. The van der Waals surface area contributed by atoms with E-state index in [9.17, 15) is 43.2 Å². The van der Waals surface area contributed by atoms with E-state index in [1.807, 2.05) is 0 Å². The molecule has 99 heavy (non-hydrogen) atoms. The molecule has 3 N–H and O–H groups in total. The lowest BCUT2D eigenvalue weighted by Crippen LogP contribution is -2.30. The first-order chi connectivity index (χ1) is 48.1. The molecule has 0 rings (SSSR count). The summed E-state index contributed by atoms with van der Waals surface area (Å²) in [6.07, 6.45) is 64.0. The number of ether oxygens (including phenoxy) is 4. The van der Waals surface area contributed by atoms with Crippen LogP contribution in [0.15, 0.2) is 0 Å².